The maximum Gasteiger partial charge on any atom is 0.269 e. The van der Waals surface area contributed by atoms with E-state index in [0.717, 1.165) is 20.5 Å². The van der Waals surface area contributed by atoms with Crippen LogP contribution in [-0.4, -0.2) is 28.5 Å². The second-order valence-electron chi connectivity index (χ2n) is 5.23. The summed E-state index contributed by atoms with van der Waals surface area (Å²) < 4.78 is 0.744. The summed E-state index contributed by atoms with van der Waals surface area (Å²) in [7, 11) is 1.72. The van der Waals surface area contributed by atoms with E-state index in [1.807, 2.05) is 19.1 Å². The van der Waals surface area contributed by atoms with Crippen molar-refractivity contribution in [3.05, 3.63) is 61.3 Å². The van der Waals surface area contributed by atoms with E-state index in [0.29, 0.717) is 5.75 Å². The zero-order chi connectivity index (χ0) is 17.7. The number of rotatable bonds is 7. The van der Waals surface area contributed by atoms with Crippen LogP contribution in [0.4, 0.5) is 5.69 Å². The number of nitrogens with zero attached hydrogens (tertiary/aromatic N) is 2. The minimum atomic E-state index is -0.431. The van der Waals surface area contributed by atoms with Crippen molar-refractivity contribution in [2.45, 2.75) is 18.7 Å². The number of carbonyl (C=O) groups is 1. The lowest BCUT2D eigenvalue weighted by Gasteiger charge is -2.25. The second-order valence-corrected chi connectivity index (χ2v) is 8.02. The highest BCUT2D eigenvalue weighted by atomic mass is 35.5. The number of nitro groups is 1. The fraction of sp³-hybridized carbons (Fsp3) is 0.312. The first-order chi connectivity index (χ1) is 11.4. The molecule has 0 aliphatic rings. The Labute approximate surface area is 153 Å². The third-order valence-electron chi connectivity index (χ3n) is 3.64. The predicted octanol–water partition coefficient (Wildman–Crippen LogP) is 4.76. The fourth-order valence-electron chi connectivity index (χ4n) is 2.11. The number of benzene rings is 1. The van der Waals surface area contributed by atoms with Gasteiger partial charge in [-0.2, -0.15) is 0 Å². The average molecular weight is 385 g/mol. The van der Waals surface area contributed by atoms with Crippen LogP contribution in [0.25, 0.3) is 0 Å². The normalized spacial score (nSPS) is 12.0. The van der Waals surface area contributed by atoms with Crippen LogP contribution in [0, 0.1) is 10.1 Å². The molecule has 0 aliphatic heterocycles. The summed E-state index contributed by atoms with van der Waals surface area (Å²) in [6.07, 6.45) is 0. The van der Waals surface area contributed by atoms with Crippen LogP contribution in [0.2, 0.25) is 4.34 Å². The number of non-ortho nitro benzene ring substituents is 1. The van der Waals surface area contributed by atoms with Gasteiger partial charge in [-0.05, 0) is 24.6 Å². The Kier molecular flexibility index (Phi) is 6.65. The fourth-order valence-corrected chi connectivity index (χ4v) is 4.25. The lowest BCUT2D eigenvalue weighted by molar-refractivity contribution is -0.384. The number of thioether (sulfide) groups is 1. The topological polar surface area (TPSA) is 63.5 Å². The van der Waals surface area contributed by atoms with Gasteiger partial charge in [0.15, 0.2) is 0 Å². The summed E-state index contributed by atoms with van der Waals surface area (Å²) in [4.78, 5) is 25.5. The largest absolute Gasteiger partial charge is 0.338 e. The van der Waals surface area contributed by atoms with Gasteiger partial charge in [0.2, 0.25) is 5.91 Å². The quantitative estimate of drug-likeness (QED) is 0.509. The van der Waals surface area contributed by atoms with E-state index in [-0.39, 0.29) is 17.6 Å². The zero-order valence-electron chi connectivity index (χ0n) is 13.3. The molecule has 0 bridgehead atoms. The molecule has 1 heterocycles. The molecule has 1 amide bonds. The van der Waals surface area contributed by atoms with Gasteiger partial charge in [0, 0.05) is 29.8 Å². The van der Waals surface area contributed by atoms with Crippen molar-refractivity contribution in [2.75, 3.05) is 12.8 Å². The number of hydrogen-bond acceptors (Lipinski definition) is 5. The molecule has 0 unspecified atom stereocenters. The van der Waals surface area contributed by atoms with Crippen molar-refractivity contribution < 1.29 is 9.72 Å². The van der Waals surface area contributed by atoms with Crippen LogP contribution < -0.4 is 0 Å². The SMILES string of the molecule is C[C@@H](c1cccc([N+](=O)[O-])c1)N(C)C(=O)CSCc1ccc(Cl)s1. The first kappa shape index (κ1) is 18.8. The molecule has 5 nitrogen and oxygen atoms in total. The first-order valence-electron chi connectivity index (χ1n) is 7.20. The van der Waals surface area contributed by atoms with Gasteiger partial charge >= 0.3 is 0 Å². The molecule has 2 rings (SSSR count). The Morgan fingerprint density at radius 3 is 2.79 bits per heavy atom. The minimum Gasteiger partial charge on any atom is -0.338 e. The van der Waals surface area contributed by atoms with Gasteiger partial charge in [-0.25, -0.2) is 0 Å². The molecule has 8 heteroatoms. The third-order valence-corrected chi connectivity index (χ3v) is 6.02. The van der Waals surface area contributed by atoms with Crippen LogP contribution in [0.5, 0.6) is 0 Å². The van der Waals surface area contributed by atoms with Gasteiger partial charge in [0.05, 0.1) is 21.1 Å². The highest BCUT2D eigenvalue weighted by molar-refractivity contribution is 7.99. The molecule has 1 atom stereocenters. The number of nitro benzene ring substituents is 1. The Morgan fingerprint density at radius 1 is 1.42 bits per heavy atom. The van der Waals surface area contributed by atoms with Gasteiger partial charge in [-0.3, -0.25) is 14.9 Å². The molecule has 0 aliphatic carbocycles. The van der Waals surface area contributed by atoms with E-state index in [1.54, 1.807) is 24.1 Å². The van der Waals surface area contributed by atoms with Crippen molar-refractivity contribution in [2.24, 2.45) is 0 Å². The molecule has 0 saturated heterocycles. The molecule has 0 radical (unpaired) electrons. The van der Waals surface area contributed by atoms with Crippen LogP contribution >= 0.6 is 34.7 Å². The van der Waals surface area contributed by atoms with Crippen LogP contribution in [0.1, 0.15) is 23.4 Å². The first-order valence-corrected chi connectivity index (χ1v) is 9.55. The summed E-state index contributed by atoms with van der Waals surface area (Å²) in [5.74, 6) is 1.08. The maximum absolute atomic E-state index is 12.3. The molecule has 128 valence electrons. The summed E-state index contributed by atoms with van der Waals surface area (Å²) in [5.41, 5.74) is 0.777. The highest BCUT2D eigenvalue weighted by Crippen LogP contribution is 2.26. The van der Waals surface area contributed by atoms with Gasteiger partial charge in [-0.1, -0.05) is 23.7 Å². The predicted molar refractivity (Wildman–Crippen MR) is 99.8 cm³/mol. The zero-order valence-corrected chi connectivity index (χ0v) is 15.7. The van der Waals surface area contributed by atoms with Gasteiger partial charge in [-0.15, -0.1) is 23.1 Å². The van der Waals surface area contributed by atoms with E-state index in [1.165, 1.54) is 35.2 Å². The molecule has 0 spiro atoms. The van der Waals surface area contributed by atoms with E-state index in [4.69, 9.17) is 11.6 Å². The standard InChI is InChI=1S/C16H17ClN2O3S2/c1-11(12-4-3-5-13(8-12)19(21)22)18(2)16(20)10-23-9-14-6-7-15(17)24-14/h3-8,11H,9-10H2,1-2H3/t11-/m0/s1. The molecule has 0 N–H and O–H groups in total. The molecule has 0 saturated carbocycles. The van der Waals surface area contributed by atoms with Crippen LogP contribution in [0.15, 0.2) is 36.4 Å². The molecule has 0 fully saturated rings. The molecular formula is C16H17ClN2O3S2. The average Bonchev–Trinajstić information content (AvgIpc) is 2.98. The minimum absolute atomic E-state index is 0.0124. The van der Waals surface area contributed by atoms with Gasteiger partial charge in [0.1, 0.15) is 0 Å². The summed E-state index contributed by atoms with van der Waals surface area (Å²) in [6, 6.07) is 9.96. The van der Waals surface area contributed by atoms with E-state index in [2.05, 4.69) is 0 Å². The van der Waals surface area contributed by atoms with E-state index in [9.17, 15) is 14.9 Å². The Morgan fingerprint density at radius 2 is 2.17 bits per heavy atom. The van der Waals surface area contributed by atoms with Crippen molar-refractivity contribution >= 4 is 46.3 Å². The Balaban J connectivity index is 1.91. The van der Waals surface area contributed by atoms with Crippen molar-refractivity contribution in [1.82, 2.24) is 4.90 Å². The summed E-state index contributed by atoms with van der Waals surface area (Å²) >= 11 is 8.92. The van der Waals surface area contributed by atoms with Crippen molar-refractivity contribution in [1.29, 1.82) is 0 Å². The van der Waals surface area contributed by atoms with Gasteiger partial charge in [0.25, 0.3) is 5.69 Å². The monoisotopic (exact) mass is 384 g/mol. The third kappa shape index (κ3) is 4.96. The summed E-state index contributed by atoms with van der Waals surface area (Å²) in [6.45, 7) is 1.86. The smallest absolute Gasteiger partial charge is 0.269 e. The lowest BCUT2D eigenvalue weighted by Crippen LogP contribution is -2.31. The van der Waals surface area contributed by atoms with Crippen molar-refractivity contribution in [3.63, 3.8) is 0 Å². The van der Waals surface area contributed by atoms with Gasteiger partial charge < -0.3 is 4.90 Å². The number of hydrogen-bond donors (Lipinski definition) is 0. The van der Waals surface area contributed by atoms with Crippen molar-refractivity contribution in [3.8, 4) is 0 Å². The molecule has 1 aromatic heterocycles. The number of thiophene rings is 1. The van der Waals surface area contributed by atoms with Crippen LogP contribution in [-0.2, 0) is 10.5 Å². The number of carbonyl (C=O) groups excluding carboxylic acids is 1. The molecular weight excluding hydrogens is 368 g/mol. The molecule has 24 heavy (non-hydrogen) atoms. The lowest BCUT2D eigenvalue weighted by atomic mass is 10.1. The van der Waals surface area contributed by atoms with Crippen LogP contribution in [0.3, 0.4) is 0 Å². The highest BCUT2D eigenvalue weighted by Gasteiger charge is 2.19. The number of halogens is 1. The summed E-state index contributed by atoms with van der Waals surface area (Å²) in [5, 5.41) is 10.9. The number of amides is 1. The van der Waals surface area contributed by atoms with E-state index < -0.39 is 4.92 Å². The maximum atomic E-state index is 12.3. The Bertz CT molecular complexity index is 736. The van der Waals surface area contributed by atoms with E-state index >= 15 is 0 Å². The molecule has 2 aromatic rings. The second kappa shape index (κ2) is 8.50. The molecule has 1 aromatic carbocycles. The Hall–Kier alpha value is -1.57.